The fraction of sp³-hybridized carbons (Fsp3) is 0.667. The summed E-state index contributed by atoms with van der Waals surface area (Å²) in [4.78, 5) is 11.9. The highest BCUT2D eigenvalue weighted by molar-refractivity contribution is 5.90. The van der Waals surface area contributed by atoms with E-state index >= 15 is 0 Å². The van der Waals surface area contributed by atoms with Crippen LogP contribution in [0.2, 0.25) is 0 Å². The fourth-order valence-electron chi connectivity index (χ4n) is 5.13. The number of fused-ring (bicyclic) bond motifs is 2. The van der Waals surface area contributed by atoms with Crippen LogP contribution in [0.15, 0.2) is 36.5 Å². The van der Waals surface area contributed by atoms with Crippen molar-refractivity contribution < 1.29 is 39.4 Å². The molecule has 0 aromatic carbocycles. The van der Waals surface area contributed by atoms with E-state index in [0.717, 1.165) is 11.1 Å². The van der Waals surface area contributed by atoms with Crippen LogP contribution in [-0.4, -0.2) is 75.9 Å². The molecule has 0 aromatic rings. The van der Waals surface area contributed by atoms with Gasteiger partial charge in [-0.2, -0.15) is 0 Å². The molecule has 4 fully saturated rings. The highest BCUT2D eigenvalue weighted by Gasteiger charge is 2.51. The van der Waals surface area contributed by atoms with Crippen LogP contribution < -0.4 is 0 Å². The molecule has 2 aliphatic heterocycles. The fourth-order valence-corrected chi connectivity index (χ4v) is 5.13. The molecule has 4 rings (SSSR count). The predicted octanol–water partition coefficient (Wildman–Crippen LogP) is -0.188. The zero-order chi connectivity index (χ0) is 21.0. The number of esters is 1. The molecule has 4 N–H and O–H groups in total. The van der Waals surface area contributed by atoms with Gasteiger partial charge in [-0.1, -0.05) is 25.3 Å². The van der Waals surface area contributed by atoms with Crippen molar-refractivity contribution in [2.24, 2.45) is 17.8 Å². The van der Waals surface area contributed by atoms with Gasteiger partial charge >= 0.3 is 5.97 Å². The lowest BCUT2D eigenvalue weighted by Crippen LogP contribution is -2.59. The number of hydrogen-bond donors (Lipinski definition) is 4. The number of hydrogen-bond acceptors (Lipinski definition) is 8. The number of carbonyl (C=O) groups is 1. The van der Waals surface area contributed by atoms with E-state index in [-0.39, 0.29) is 29.8 Å². The lowest BCUT2D eigenvalue weighted by atomic mass is 9.83. The first-order valence-corrected chi connectivity index (χ1v) is 9.95. The molecule has 29 heavy (non-hydrogen) atoms. The molecule has 8 nitrogen and oxygen atoms in total. The Kier molecular flexibility index (Phi) is 5.43. The molecule has 0 amide bonds. The summed E-state index contributed by atoms with van der Waals surface area (Å²) in [5.41, 5.74) is 2.25. The number of rotatable bonds is 3. The Labute approximate surface area is 169 Å². The Bertz CT molecular complexity index is 730. The number of aliphatic hydroxyl groups excluding tert-OH is 4. The normalized spacial score (nSPS) is 47.6. The van der Waals surface area contributed by atoms with Gasteiger partial charge in [0.1, 0.15) is 30.5 Å². The highest BCUT2D eigenvalue weighted by atomic mass is 16.7. The van der Waals surface area contributed by atoms with E-state index in [9.17, 15) is 25.2 Å². The van der Waals surface area contributed by atoms with Gasteiger partial charge < -0.3 is 34.6 Å². The molecule has 2 saturated heterocycles. The first-order chi connectivity index (χ1) is 13.7. The topological polar surface area (TPSA) is 126 Å². The van der Waals surface area contributed by atoms with Gasteiger partial charge in [0, 0.05) is 17.9 Å². The maximum absolute atomic E-state index is 11.9. The average molecular weight is 408 g/mol. The minimum atomic E-state index is -1.49. The van der Waals surface area contributed by atoms with E-state index < -0.39 is 43.4 Å². The summed E-state index contributed by atoms with van der Waals surface area (Å²) in [7, 11) is 0. The van der Waals surface area contributed by atoms with Crippen LogP contribution in [0.3, 0.4) is 0 Å². The van der Waals surface area contributed by atoms with E-state index in [1.54, 1.807) is 0 Å². The summed E-state index contributed by atoms with van der Waals surface area (Å²) in [6.45, 7) is 11.8. The molecular formula is C21H28O8. The van der Waals surface area contributed by atoms with Gasteiger partial charge in [0.2, 0.25) is 0 Å². The molecule has 0 bridgehead atoms. The molecule has 160 valence electrons. The minimum absolute atomic E-state index is 0.0265. The van der Waals surface area contributed by atoms with Crippen LogP contribution in [0.25, 0.3) is 0 Å². The van der Waals surface area contributed by atoms with E-state index in [4.69, 9.17) is 14.2 Å². The lowest BCUT2D eigenvalue weighted by Gasteiger charge is -2.40. The van der Waals surface area contributed by atoms with Crippen molar-refractivity contribution in [3.63, 3.8) is 0 Å². The zero-order valence-corrected chi connectivity index (χ0v) is 16.1. The van der Waals surface area contributed by atoms with Gasteiger partial charge in [0.15, 0.2) is 6.29 Å². The van der Waals surface area contributed by atoms with Gasteiger partial charge in [0.25, 0.3) is 0 Å². The van der Waals surface area contributed by atoms with Gasteiger partial charge in [0.05, 0.1) is 12.7 Å². The predicted molar refractivity (Wildman–Crippen MR) is 100 cm³/mol. The van der Waals surface area contributed by atoms with Crippen molar-refractivity contribution in [3.05, 3.63) is 36.5 Å². The summed E-state index contributed by atoms with van der Waals surface area (Å²) >= 11 is 0. The second-order valence-electron chi connectivity index (χ2n) is 8.52. The van der Waals surface area contributed by atoms with Crippen LogP contribution in [-0.2, 0) is 19.0 Å². The Hall–Kier alpha value is -1.55. The van der Waals surface area contributed by atoms with E-state index in [2.05, 4.69) is 19.7 Å². The van der Waals surface area contributed by atoms with Crippen molar-refractivity contribution in [2.75, 3.05) is 6.61 Å². The Morgan fingerprint density at radius 3 is 2.41 bits per heavy atom. The van der Waals surface area contributed by atoms with Crippen molar-refractivity contribution in [1.82, 2.24) is 0 Å². The smallest absolute Gasteiger partial charge is 0.334 e. The zero-order valence-electron chi connectivity index (χ0n) is 16.1. The van der Waals surface area contributed by atoms with E-state index in [1.165, 1.54) is 0 Å². The van der Waals surface area contributed by atoms with Crippen LogP contribution in [0, 0.1) is 17.8 Å². The molecule has 0 unspecified atom stereocenters. The largest absolute Gasteiger partial charge is 0.458 e. The molecule has 4 aliphatic rings. The summed E-state index contributed by atoms with van der Waals surface area (Å²) in [6, 6.07) is 0. The van der Waals surface area contributed by atoms with Crippen molar-refractivity contribution in [3.8, 4) is 0 Å². The van der Waals surface area contributed by atoms with Crippen LogP contribution in [0.1, 0.15) is 19.3 Å². The number of ether oxygens (including phenoxy) is 3. The molecule has 0 radical (unpaired) electrons. The molecule has 10 atom stereocenters. The monoisotopic (exact) mass is 408 g/mol. The average Bonchev–Trinajstić information content (AvgIpc) is 3.08. The van der Waals surface area contributed by atoms with E-state index in [0.29, 0.717) is 24.8 Å². The van der Waals surface area contributed by atoms with Gasteiger partial charge in [-0.05, 0) is 30.3 Å². The summed E-state index contributed by atoms with van der Waals surface area (Å²) in [6.07, 6.45) is -5.50. The Morgan fingerprint density at radius 2 is 1.72 bits per heavy atom. The molecular weight excluding hydrogens is 380 g/mol. The first kappa shape index (κ1) is 20.7. The third-order valence-electron chi connectivity index (χ3n) is 6.90. The van der Waals surface area contributed by atoms with Crippen LogP contribution in [0.4, 0.5) is 0 Å². The van der Waals surface area contributed by atoms with Crippen molar-refractivity contribution >= 4 is 5.97 Å². The third kappa shape index (κ3) is 3.37. The van der Waals surface area contributed by atoms with Gasteiger partial charge in [-0.3, -0.25) is 0 Å². The third-order valence-corrected chi connectivity index (χ3v) is 6.90. The van der Waals surface area contributed by atoms with Crippen molar-refractivity contribution in [2.45, 2.75) is 62.2 Å². The summed E-state index contributed by atoms with van der Waals surface area (Å²) in [5, 5.41) is 39.5. The maximum atomic E-state index is 11.9. The summed E-state index contributed by atoms with van der Waals surface area (Å²) < 4.78 is 16.9. The lowest BCUT2D eigenvalue weighted by molar-refractivity contribution is -0.308. The maximum Gasteiger partial charge on any atom is 0.334 e. The van der Waals surface area contributed by atoms with Crippen LogP contribution in [0.5, 0.6) is 0 Å². The number of aliphatic hydroxyl groups is 4. The Balaban J connectivity index is 1.49. The first-order valence-electron chi connectivity index (χ1n) is 9.95. The van der Waals surface area contributed by atoms with E-state index in [1.807, 2.05) is 0 Å². The highest BCUT2D eigenvalue weighted by Crippen LogP contribution is 2.52. The number of carbonyl (C=O) groups excluding carboxylic acids is 1. The molecule has 0 spiro atoms. The Morgan fingerprint density at radius 1 is 1.00 bits per heavy atom. The minimum Gasteiger partial charge on any atom is -0.458 e. The van der Waals surface area contributed by atoms with Crippen molar-refractivity contribution in [1.29, 1.82) is 0 Å². The molecule has 2 aliphatic carbocycles. The molecule has 0 aromatic heterocycles. The summed E-state index contributed by atoms with van der Waals surface area (Å²) in [5.74, 6) is -0.325. The van der Waals surface area contributed by atoms with Gasteiger partial charge in [-0.15, -0.1) is 0 Å². The quantitative estimate of drug-likeness (QED) is 0.288. The molecule has 2 heterocycles. The van der Waals surface area contributed by atoms with Crippen LogP contribution >= 0.6 is 0 Å². The second kappa shape index (κ2) is 7.61. The van der Waals surface area contributed by atoms with Gasteiger partial charge in [-0.25, -0.2) is 4.79 Å². The SMILES string of the molecule is C=C1C(=O)O[C@H]2CC(=C)[C@H]3C[C@H](O[C@@H]4O[C@H](CO)[C@@H](O)[C@H](O)[C@H]4O)C(=C)[C@H]3C[C@H]12. The standard InChI is InChI=1S/C21H28O8/c1-8-4-15-13(10(3)20(26)27-15)5-12-9(2)14(6-11(8)12)28-21-19(25)18(24)17(23)16(7-22)29-21/h11-19,21-25H,1-7H2/t11-,12-,13-,14+,15+,16-,17-,18+,19-,21-/m1/s1. The molecule has 8 heteroatoms. The second-order valence-corrected chi connectivity index (χ2v) is 8.52. The molecule has 2 saturated carbocycles.